The summed E-state index contributed by atoms with van der Waals surface area (Å²) in [6, 6.07) is 0. The van der Waals surface area contributed by atoms with Gasteiger partial charge in [0.05, 0.1) is 11.3 Å². The molecule has 0 aliphatic heterocycles. The minimum absolute atomic E-state index is 0.0595. The molecule has 0 saturated carbocycles. The van der Waals surface area contributed by atoms with E-state index in [1.54, 1.807) is 0 Å². The van der Waals surface area contributed by atoms with Gasteiger partial charge in [0.2, 0.25) is 5.88 Å². The van der Waals surface area contributed by atoms with Crippen LogP contribution in [0.3, 0.4) is 0 Å². The number of aromatic nitrogens is 1. The molecule has 0 aliphatic rings. The summed E-state index contributed by atoms with van der Waals surface area (Å²) >= 11 is 0. The number of carboxylic acids is 1. The van der Waals surface area contributed by atoms with E-state index in [9.17, 15) is 28.1 Å². The summed E-state index contributed by atoms with van der Waals surface area (Å²) in [6.07, 6.45) is -5.32. The van der Waals surface area contributed by atoms with Gasteiger partial charge >= 0.3 is 12.3 Å². The molecule has 1 aromatic rings. The molecule has 0 aromatic carbocycles. The summed E-state index contributed by atoms with van der Waals surface area (Å²) in [7, 11) is 0. The fourth-order valence-corrected chi connectivity index (χ4v) is 1.40. The van der Waals surface area contributed by atoms with E-state index in [2.05, 4.69) is 9.72 Å². The second-order valence-electron chi connectivity index (χ2n) is 3.45. The van der Waals surface area contributed by atoms with Crippen LogP contribution in [0.4, 0.5) is 18.9 Å². The number of hydrogen-bond acceptors (Lipinski definition) is 5. The zero-order chi connectivity index (χ0) is 14.8. The van der Waals surface area contributed by atoms with Crippen molar-refractivity contribution in [2.24, 2.45) is 0 Å². The Morgan fingerprint density at radius 3 is 2.58 bits per heavy atom. The first kappa shape index (κ1) is 14.7. The van der Waals surface area contributed by atoms with Crippen LogP contribution >= 0.6 is 0 Å². The third-order valence-corrected chi connectivity index (χ3v) is 2.02. The number of carbonyl (C=O) groups is 1. The van der Waals surface area contributed by atoms with Crippen molar-refractivity contribution in [1.29, 1.82) is 0 Å². The van der Waals surface area contributed by atoms with Crippen molar-refractivity contribution in [3.63, 3.8) is 0 Å². The van der Waals surface area contributed by atoms with Crippen LogP contribution in [0, 0.1) is 17.0 Å². The van der Waals surface area contributed by atoms with Gasteiger partial charge in [-0.3, -0.25) is 14.9 Å². The predicted molar refractivity (Wildman–Crippen MR) is 53.7 cm³/mol. The van der Waals surface area contributed by atoms with Crippen molar-refractivity contribution < 1.29 is 32.7 Å². The number of halogens is 3. The molecule has 19 heavy (non-hydrogen) atoms. The molecule has 0 amide bonds. The zero-order valence-corrected chi connectivity index (χ0v) is 9.39. The lowest BCUT2D eigenvalue weighted by molar-refractivity contribution is -0.386. The van der Waals surface area contributed by atoms with E-state index in [0.717, 1.165) is 6.20 Å². The Bertz CT molecular complexity index is 529. The van der Waals surface area contributed by atoms with Crippen molar-refractivity contribution in [3.05, 3.63) is 27.4 Å². The van der Waals surface area contributed by atoms with Gasteiger partial charge in [0.1, 0.15) is 5.56 Å². The van der Waals surface area contributed by atoms with Gasteiger partial charge in [-0.25, -0.2) is 4.98 Å². The van der Waals surface area contributed by atoms with E-state index < -0.39 is 40.8 Å². The molecule has 104 valence electrons. The van der Waals surface area contributed by atoms with Crippen LogP contribution in [0.1, 0.15) is 11.1 Å². The maximum Gasteiger partial charge on any atom is 0.574 e. The van der Waals surface area contributed by atoms with Crippen LogP contribution in [-0.4, -0.2) is 27.3 Å². The number of nitrogens with zero attached hydrogens (tertiary/aromatic N) is 2. The Balaban J connectivity index is 3.42. The Morgan fingerprint density at radius 1 is 1.58 bits per heavy atom. The van der Waals surface area contributed by atoms with Gasteiger partial charge in [-0.2, -0.15) is 0 Å². The standard InChI is InChI=1S/C9H7F3N2O5/c1-4-3-13-8(19-9(10,11)12)5(2-6(15)16)7(4)14(17)18/h3H,2H2,1H3,(H,15,16). The molecular weight excluding hydrogens is 273 g/mol. The third kappa shape index (κ3) is 3.79. The highest BCUT2D eigenvalue weighted by Crippen LogP contribution is 2.33. The van der Waals surface area contributed by atoms with Crippen LogP contribution in [0.2, 0.25) is 0 Å². The summed E-state index contributed by atoms with van der Waals surface area (Å²) in [4.78, 5) is 23.7. The molecule has 7 nitrogen and oxygen atoms in total. The minimum Gasteiger partial charge on any atom is -0.481 e. The number of rotatable bonds is 4. The van der Waals surface area contributed by atoms with E-state index in [1.807, 2.05) is 0 Å². The maximum absolute atomic E-state index is 12.1. The third-order valence-electron chi connectivity index (χ3n) is 2.02. The van der Waals surface area contributed by atoms with Crippen LogP contribution in [0.15, 0.2) is 6.20 Å². The summed E-state index contributed by atoms with van der Waals surface area (Å²) in [5, 5.41) is 19.4. The van der Waals surface area contributed by atoms with E-state index in [4.69, 9.17) is 5.11 Å². The van der Waals surface area contributed by atoms with Gasteiger partial charge in [-0.1, -0.05) is 0 Å². The Labute approximate surface area is 103 Å². The number of pyridine rings is 1. The average Bonchev–Trinajstić information content (AvgIpc) is 2.19. The van der Waals surface area contributed by atoms with Gasteiger partial charge in [-0.05, 0) is 6.92 Å². The Kier molecular flexibility index (Phi) is 3.92. The fourth-order valence-electron chi connectivity index (χ4n) is 1.40. The van der Waals surface area contributed by atoms with Gasteiger partial charge in [0, 0.05) is 11.8 Å². The number of alkyl halides is 3. The van der Waals surface area contributed by atoms with Crippen molar-refractivity contribution in [1.82, 2.24) is 4.98 Å². The van der Waals surface area contributed by atoms with Crippen molar-refractivity contribution in [3.8, 4) is 5.88 Å². The highest BCUT2D eigenvalue weighted by atomic mass is 19.4. The highest BCUT2D eigenvalue weighted by Gasteiger charge is 2.35. The molecule has 1 heterocycles. The molecule has 0 spiro atoms. The Morgan fingerprint density at radius 2 is 2.16 bits per heavy atom. The Hall–Kier alpha value is -2.39. The van der Waals surface area contributed by atoms with E-state index >= 15 is 0 Å². The second kappa shape index (κ2) is 5.08. The first-order chi connectivity index (χ1) is 8.61. The molecular formula is C9H7F3N2O5. The molecule has 10 heteroatoms. The molecule has 0 radical (unpaired) electrons. The number of ether oxygens (including phenoxy) is 1. The average molecular weight is 280 g/mol. The van der Waals surface area contributed by atoms with Gasteiger partial charge in [-0.15, -0.1) is 13.2 Å². The lowest BCUT2D eigenvalue weighted by atomic mass is 10.1. The number of aryl methyl sites for hydroxylation is 1. The molecule has 0 saturated heterocycles. The van der Waals surface area contributed by atoms with Crippen LogP contribution in [0.5, 0.6) is 5.88 Å². The minimum atomic E-state index is -5.12. The fraction of sp³-hybridized carbons (Fsp3) is 0.333. The number of aliphatic carboxylic acids is 1. The summed E-state index contributed by atoms with van der Waals surface area (Å²) in [6.45, 7) is 1.23. The predicted octanol–water partition coefficient (Wildman–Crippen LogP) is 1.82. The quantitative estimate of drug-likeness (QED) is 0.666. The first-order valence-electron chi connectivity index (χ1n) is 4.72. The van der Waals surface area contributed by atoms with E-state index in [-0.39, 0.29) is 5.56 Å². The molecule has 1 rings (SSSR count). The smallest absolute Gasteiger partial charge is 0.481 e. The van der Waals surface area contributed by atoms with E-state index in [1.165, 1.54) is 6.92 Å². The normalized spacial score (nSPS) is 11.2. The lowest BCUT2D eigenvalue weighted by Crippen LogP contribution is -2.20. The van der Waals surface area contributed by atoms with Crippen LogP contribution < -0.4 is 4.74 Å². The molecule has 0 fully saturated rings. The highest BCUT2D eigenvalue weighted by molar-refractivity contribution is 5.73. The summed E-state index contributed by atoms with van der Waals surface area (Å²) < 4.78 is 39.8. The van der Waals surface area contributed by atoms with Gasteiger partial charge in [0.25, 0.3) is 5.69 Å². The monoisotopic (exact) mass is 280 g/mol. The zero-order valence-electron chi connectivity index (χ0n) is 9.39. The number of nitro groups is 1. The molecule has 0 bridgehead atoms. The first-order valence-corrected chi connectivity index (χ1v) is 4.72. The van der Waals surface area contributed by atoms with Crippen molar-refractivity contribution in [2.45, 2.75) is 19.7 Å². The molecule has 0 atom stereocenters. The van der Waals surface area contributed by atoms with Crippen molar-refractivity contribution in [2.75, 3.05) is 0 Å². The van der Waals surface area contributed by atoms with Crippen LogP contribution in [0.25, 0.3) is 0 Å². The second-order valence-corrected chi connectivity index (χ2v) is 3.45. The summed E-state index contributed by atoms with van der Waals surface area (Å²) in [5.74, 6) is -2.67. The molecule has 0 unspecified atom stereocenters. The van der Waals surface area contributed by atoms with Crippen molar-refractivity contribution >= 4 is 11.7 Å². The van der Waals surface area contributed by atoms with Gasteiger partial charge < -0.3 is 9.84 Å². The maximum atomic E-state index is 12.1. The molecule has 1 aromatic heterocycles. The van der Waals surface area contributed by atoms with Gasteiger partial charge in [0.15, 0.2) is 0 Å². The lowest BCUT2D eigenvalue weighted by Gasteiger charge is -2.12. The van der Waals surface area contributed by atoms with E-state index in [0.29, 0.717) is 0 Å². The molecule has 1 N–H and O–H groups in total. The molecule has 0 aliphatic carbocycles. The topological polar surface area (TPSA) is 103 Å². The van der Waals surface area contributed by atoms with Crippen LogP contribution in [-0.2, 0) is 11.2 Å². The number of hydrogen-bond donors (Lipinski definition) is 1. The number of carboxylic acid groups (broad SMARTS) is 1. The summed E-state index contributed by atoms with van der Waals surface area (Å²) in [5.41, 5.74) is -1.54. The SMILES string of the molecule is Cc1cnc(OC(F)(F)F)c(CC(=O)O)c1[N+](=O)[O-]. The largest absolute Gasteiger partial charge is 0.574 e.